The van der Waals surface area contributed by atoms with E-state index in [4.69, 9.17) is 0 Å². The second-order valence-electron chi connectivity index (χ2n) is 16.7. The summed E-state index contributed by atoms with van der Waals surface area (Å²) in [7, 11) is 0. The Morgan fingerprint density at radius 2 is 1.66 bits per heavy atom. The zero-order valence-electron chi connectivity index (χ0n) is 28.6. The van der Waals surface area contributed by atoms with Crippen LogP contribution in [0.15, 0.2) is 47.6 Å². The average Bonchev–Trinajstić information content (AvgIpc) is 2.94. The van der Waals surface area contributed by atoms with E-state index in [9.17, 15) is 19.8 Å². The topological polar surface area (TPSA) is 74.6 Å². The Balaban J connectivity index is 1.41. The van der Waals surface area contributed by atoms with Crippen molar-refractivity contribution in [3.63, 3.8) is 0 Å². The Labute approximate surface area is 267 Å². The number of carboxylic acids is 2. The van der Waals surface area contributed by atoms with Gasteiger partial charge in [0.2, 0.25) is 0 Å². The van der Waals surface area contributed by atoms with Crippen LogP contribution in [0.4, 0.5) is 0 Å². The molecule has 4 nitrogen and oxygen atoms in total. The molecule has 0 saturated heterocycles. The monoisotopic (exact) mass is 604 g/mol. The Kier molecular flexibility index (Phi) is 9.26. The summed E-state index contributed by atoms with van der Waals surface area (Å²) in [6.07, 6.45) is 17.7. The van der Waals surface area contributed by atoms with Gasteiger partial charge in [0.15, 0.2) is 0 Å². The highest BCUT2D eigenvalue weighted by Gasteiger charge is 2.58. The van der Waals surface area contributed by atoms with Crippen LogP contribution < -0.4 is 0 Å². The first-order chi connectivity index (χ1) is 20.7. The van der Waals surface area contributed by atoms with Crippen molar-refractivity contribution in [1.82, 2.24) is 0 Å². The first-order valence-corrected chi connectivity index (χ1v) is 17.8. The van der Waals surface area contributed by atoms with Gasteiger partial charge in [-0.05, 0) is 150 Å². The van der Waals surface area contributed by atoms with Crippen molar-refractivity contribution in [2.24, 2.45) is 63.6 Å². The molecular formula is C40H60O4. The lowest BCUT2D eigenvalue weighted by molar-refractivity contribution is -0.164. The van der Waals surface area contributed by atoms with E-state index >= 15 is 0 Å². The fraction of sp³-hybridized carbons (Fsp3) is 0.750. The van der Waals surface area contributed by atoms with Crippen molar-refractivity contribution in [3.8, 4) is 0 Å². The lowest BCUT2D eigenvalue weighted by Crippen LogP contribution is -2.53. The molecule has 0 aromatic carbocycles. The molecule has 5 rings (SSSR count). The van der Waals surface area contributed by atoms with Crippen LogP contribution in [0.5, 0.6) is 0 Å². The van der Waals surface area contributed by atoms with E-state index in [0.29, 0.717) is 29.6 Å². The van der Waals surface area contributed by atoms with Crippen LogP contribution in [0, 0.1) is 63.6 Å². The van der Waals surface area contributed by atoms with E-state index in [0.717, 1.165) is 83.5 Å². The third kappa shape index (κ3) is 5.38. The number of rotatable bonds is 7. The zero-order chi connectivity index (χ0) is 32.2. The van der Waals surface area contributed by atoms with Gasteiger partial charge in [-0.1, -0.05) is 74.8 Å². The van der Waals surface area contributed by atoms with Gasteiger partial charge in [0.05, 0.1) is 11.3 Å². The lowest BCUT2D eigenvalue weighted by atomic mass is 9.46. The molecule has 5 aliphatic rings. The second kappa shape index (κ2) is 12.3. The van der Waals surface area contributed by atoms with Gasteiger partial charge >= 0.3 is 11.9 Å². The number of fused-ring (bicyclic) bond motifs is 2. The summed E-state index contributed by atoms with van der Waals surface area (Å²) in [5.41, 5.74) is 4.56. The summed E-state index contributed by atoms with van der Waals surface area (Å²) in [5, 5.41) is 20.7. The number of carboxylic acid groups (broad SMARTS) is 2. The van der Waals surface area contributed by atoms with Crippen LogP contribution >= 0.6 is 0 Å². The van der Waals surface area contributed by atoms with E-state index in [-0.39, 0.29) is 28.6 Å². The summed E-state index contributed by atoms with van der Waals surface area (Å²) >= 11 is 0. The van der Waals surface area contributed by atoms with E-state index in [2.05, 4.69) is 59.9 Å². The molecule has 11 atom stereocenters. The van der Waals surface area contributed by atoms with Crippen LogP contribution in [-0.4, -0.2) is 22.2 Å². The maximum atomic E-state index is 12.7. The van der Waals surface area contributed by atoms with Crippen LogP contribution in [0.25, 0.3) is 0 Å². The van der Waals surface area contributed by atoms with Gasteiger partial charge in [0.25, 0.3) is 0 Å². The Morgan fingerprint density at radius 3 is 2.34 bits per heavy atom. The molecule has 0 aromatic heterocycles. The molecule has 0 bridgehead atoms. The highest BCUT2D eigenvalue weighted by molar-refractivity contribution is 5.75. The number of hydrogen-bond acceptors (Lipinski definition) is 2. The first kappa shape index (κ1) is 33.3. The molecule has 4 saturated carbocycles. The highest BCUT2D eigenvalue weighted by atomic mass is 16.4. The highest BCUT2D eigenvalue weighted by Crippen LogP contribution is 2.63. The van der Waals surface area contributed by atoms with Gasteiger partial charge in [-0.25, -0.2) is 0 Å². The fourth-order valence-corrected chi connectivity index (χ4v) is 12.1. The molecule has 0 amide bonds. The van der Waals surface area contributed by atoms with E-state index in [1.54, 1.807) is 0 Å². The van der Waals surface area contributed by atoms with Crippen LogP contribution in [0.1, 0.15) is 125 Å². The minimum Gasteiger partial charge on any atom is -0.481 e. The number of allylic oxidation sites excluding steroid dienone is 6. The summed E-state index contributed by atoms with van der Waals surface area (Å²) in [4.78, 5) is 25.2. The molecule has 0 aliphatic heterocycles. The number of aliphatic carboxylic acids is 2. The van der Waals surface area contributed by atoms with Crippen LogP contribution in [0.3, 0.4) is 0 Å². The first-order valence-electron chi connectivity index (χ1n) is 17.8. The summed E-state index contributed by atoms with van der Waals surface area (Å²) < 4.78 is 0. The standard InChI is InChI=1S/C40H60O4/c1-24-11-9-12-29(30(24)23-34-28(5)14-18-32-27(4)15-19-33(36(41)42)40(32,34)8)25(2)13-17-31-26(3)16-20-35-38(31,6)21-10-22-39(35,7)37(43)44/h11,13,27,29-35H,3,5,9-10,12,14-23H2,1-2,4,6-8H3,(H,41,42)(H,43,44)/b25-13-/t27-,29?,30-,31-,32?,33+,34?,35?,38+,39+,40-/m1/s1. The normalized spacial score (nSPS) is 44.8. The van der Waals surface area contributed by atoms with Gasteiger partial charge in [-0.15, -0.1) is 0 Å². The van der Waals surface area contributed by atoms with E-state index < -0.39 is 17.4 Å². The van der Waals surface area contributed by atoms with Crippen molar-refractivity contribution in [2.45, 2.75) is 125 Å². The molecular weight excluding hydrogens is 544 g/mol. The van der Waals surface area contributed by atoms with Crippen molar-refractivity contribution in [1.29, 1.82) is 0 Å². The quantitative estimate of drug-likeness (QED) is 0.284. The minimum atomic E-state index is -0.651. The molecule has 5 aliphatic carbocycles. The van der Waals surface area contributed by atoms with Gasteiger partial charge in [-0.3, -0.25) is 9.59 Å². The Bertz CT molecular complexity index is 1240. The molecule has 244 valence electrons. The predicted octanol–water partition coefficient (Wildman–Crippen LogP) is 10.3. The fourth-order valence-electron chi connectivity index (χ4n) is 12.1. The van der Waals surface area contributed by atoms with Gasteiger partial charge in [0, 0.05) is 0 Å². The molecule has 44 heavy (non-hydrogen) atoms. The SMILES string of the molecule is C=C1CCC2[C@H](C)CC[C@@H](C(=O)O)[C@]2(C)C1C[C@@H]1C(C)=CCCC1/C(C)=C\C[C@@H]1C(=C)CCC2[C@@](C)(C(=O)O)CCC[C@]21C. The van der Waals surface area contributed by atoms with Crippen LogP contribution in [-0.2, 0) is 9.59 Å². The van der Waals surface area contributed by atoms with Gasteiger partial charge in [0.1, 0.15) is 0 Å². The smallest absolute Gasteiger partial charge is 0.309 e. The van der Waals surface area contributed by atoms with Crippen molar-refractivity contribution in [2.75, 3.05) is 0 Å². The number of hydrogen-bond donors (Lipinski definition) is 2. The largest absolute Gasteiger partial charge is 0.481 e. The minimum absolute atomic E-state index is 0.0355. The predicted molar refractivity (Wildman–Crippen MR) is 179 cm³/mol. The van der Waals surface area contributed by atoms with Crippen molar-refractivity contribution >= 4 is 11.9 Å². The lowest BCUT2D eigenvalue weighted by Gasteiger charge is -2.57. The van der Waals surface area contributed by atoms with Crippen molar-refractivity contribution in [3.05, 3.63) is 47.6 Å². The molecule has 4 heteroatoms. The van der Waals surface area contributed by atoms with E-state index in [1.165, 1.54) is 22.3 Å². The summed E-state index contributed by atoms with van der Waals surface area (Å²) in [6, 6.07) is 0. The molecule has 0 spiro atoms. The van der Waals surface area contributed by atoms with E-state index in [1.807, 2.05) is 6.92 Å². The molecule has 0 heterocycles. The molecule has 4 unspecified atom stereocenters. The van der Waals surface area contributed by atoms with Crippen LogP contribution in [0.2, 0.25) is 0 Å². The Morgan fingerprint density at radius 1 is 0.977 bits per heavy atom. The molecule has 0 radical (unpaired) electrons. The number of carbonyl (C=O) groups is 2. The zero-order valence-corrected chi connectivity index (χ0v) is 28.6. The summed E-state index contributed by atoms with van der Waals surface area (Å²) in [6.45, 7) is 22.8. The maximum absolute atomic E-state index is 12.7. The molecule has 2 N–H and O–H groups in total. The third-order valence-electron chi connectivity index (χ3n) is 14.7. The van der Waals surface area contributed by atoms with Crippen molar-refractivity contribution < 1.29 is 19.8 Å². The molecule has 0 aromatic rings. The van der Waals surface area contributed by atoms with Gasteiger partial charge in [-0.2, -0.15) is 0 Å². The second-order valence-corrected chi connectivity index (χ2v) is 16.7. The molecule has 4 fully saturated rings. The van der Waals surface area contributed by atoms with Gasteiger partial charge < -0.3 is 10.2 Å². The Hall–Kier alpha value is -2.10. The average molecular weight is 605 g/mol. The third-order valence-corrected chi connectivity index (χ3v) is 14.7. The maximum Gasteiger partial charge on any atom is 0.309 e. The summed E-state index contributed by atoms with van der Waals surface area (Å²) in [5.74, 6) is 1.01.